The molecule has 10 nitrogen and oxygen atoms in total. The molecule has 0 bridgehead atoms. The molecule has 11 heteroatoms. The van der Waals surface area contributed by atoms with Gasteiger partial charge in [0.05, 0.1) is 30.4 Å². The number of rotatable bonds is 9. The average molecular weight is 518 g/mol. The molecule has 36 heavy (non-hydrogen) atoms. The molecule has 1 saturated heterocycles. The van der Waals surface area contributed by atoms with Crippen molar-refractivity contribution in [2.45, 2.75) is 44.4 Å². The minimum Gasteiger partial charge on any atom is -0.481 e. The Morgan fingerprint density at radius 3 is 2.03 bits per heavy atom. The van der Waals surface area contributed by atoms with Gasteiger partial charge in [0.1, 0.15) is 5.82 Å². The molecule has 1 aliphatic rings. The number of hydrogen-bond acceptors (Lipinski definition) is 6. The average Bonchev–Trinajstić information content (AvgIpc) is 3.43. The van der Waals surface area contributed by atoms with E-state index >= 15 is 0 Å². The van der Waals surface area contributed by atoms with Crippen LogP contribution in [-0.2, 0) is 27.5 Å². The third-order valence-electron chi connectivity index (χ3n) is 5.84. The van der Waals surface area contributed by atoms with Gasteiger partial charge in [0.15, 0.2) is 5.60 Å². The van der Waals surface area contributed by atoms with Gasteiger partial charge < -0.3 is 25.0 Å². The fourth-order valence-corrected chi connectivity index (χ4v) is 4.18. The van der Waals surface area contributed by atoms with E-state index in [1.165, 1.54) is 37.0 Å². The maximum atomic E-state index is 10.3. The second-order valence-electron chi connectivity index (χ2n) is 8.69. The summed E-state index contributed by atoms with van der Waals surface area (Å²) in [5.74, 6) is -3.86. The summed E-state index contributed by atoms with van der Waals surface area (Å²) >= 11 is 6.01. The van der Waals surface area contributed by atoms with Gasteiger partial charge in [-0.15, -0.1) is 0 Å². The lowest BCUT2D eigenvalue weighted by molar-refractivity contribution is -0.170. The topological polar surface area (TPSA) is 153 Å². The summed E-state index contributed by atoms with van der Waals surface area (Å²) in [6.45, 7) is 4.14. The molecule has 0 aliphatic carbocycles. The molecule has 1 fully saturated rings. The number of carbonyl (C=O) groups is 3. The van der Waals surface area contributed by atoms with E-state index in [9.17, 15) is 14.4 Å². The van der Waals surface area contributed by atoms with E-state index < -0.39 is 36.4 Å². The van der Waals surface area contributed by atoms with Crippen molar-refractivity contribution in [1.29, 1.82) is 0 Å². The van der Waals surface area contributed by atoms with Crippen LogP contribution in [0.1, 0.15) is 37.1 Å². The molecule has 0 spiro atoms. The highest BCUT2D eigenvalue weighted by atomic mass is 35.5. The third kappa shape index (κ3) is 7.27. The number of imidazole rings is 1. The third-order valence-corrected chi connectivity index (χ3v) is 6.09. The number of para-hydroxylation sites is 2. The van der Waals surface area contributed by atoms with Crippen LogP contribution in [0.25, 0.3) is 11.0 Å². The lowest BCUT2D eigenvalue weighted by Crippen LogP contribution is -2.42. The normalized spacial score (nSPS) is 13.8. The van der Waals surface area contributed by atoms with E-state index in [2.05, 4.69) is 45.9 Å². The van der Waals surface area contributed by atoms with Crippen molar-refractivity contribution in [2.75, 3.05) is 13.1 Å². The van der Waals surface area contributed by atoms with Crippen molar-refractivity contribution < 1.29 is 34.8 Å². The first-order chi connectivity index (χ1) is 17.1. The van der Waals surface area contributed by atoms with Gasteiger partial charge in [-0.05, 0) is 55.8 Å². The van der Waals surface area contributed by atoms with Gasteiger partial charge in [-0.3, -0.25) is 14.5 Å². The van der Waals surface area contributed by atoms with Gasteiger partial charge >= 0.3 is 17.9 Å². The highest BCUT2D eigenvalue weighted by molar-refractivity contribution is 6.30. The van der Waals surface area contributed by atoms with Crippen LogP contribution in [0, 0.1) is 0 Å². The molecule has 0 amide bonds. The second-order valence-corrected chi connectivity index (χ2v) is 9.13. The zero-order valence-corrected chi connectivity index (χ0v) is 20.3. The first kappa shape index (κ1) is 27.1. The van der Waals surface area contributed by atoms with Crippen LogP contribution in [-0.4, -0.2) is 71.5 Å². The maximum Gasteiger partial charge on any atom is 0.336 e. The van der Waals surface area contributed by atoms with Gasteiger partial charge in [-0.2, -0.15) is 0 Å². The number of aliphatic carboxylic acids is 3. The summed E-state index contributed by atoms with van der Waals surface area (Å²) in [7, 11) is 0. The number of aliphatic hydroxyl groups is 1. The number of fused-ring (bicyclic) bond motifs is 1. The molecule has 4 N–H and O–H groups in total. The first-order valence-corrected chi connectivity index (χ1v) is 11.8. The quantitative estimate of drug-likeness (QED) is 0.335. The lowest BCUT2D eigenvalue weighted by Gasteiger charge is -2.18. The van der Waals surface area contributed by atoms with E-state index in [4.69, 9.17) is 37.0 Å². The number of aromatic nitrogens is 2. The SMILES string of the molecule is Clc1ccc(Cn2c(CN3CCCC3)nc3ccccc32)cc1.O=C(O)CC(O)(CC(=O)O)C(=O)O. The van der Waals surface area contributed by atoms with Crippen LogP contribution < -0.4 is 0 Å². The molecule has 1 aliphatic heterocycles. The van der Waals surface area contributed by atoms with E-state index in [1.54, 1.807) is 0 Å². The minimum absolute atomic E-state index is 0.779. The van der Waals surface area contributed by atoms with Crippen molar-refractivity contribution in [2.24, 2.45) is 0 Å². The van der Waals surface area contributed by atoms with E-state index in [0.29, 0.717) is 0 Å². The molecular weight excluding hydrogens is 490 g/mol. The summed E-state index contributed by atoms with van der Waals surface area (Å²) in [5, 5.41) is 34.6. The zero-order chi connectivity index (χ0) is 26.3. The summed E-state index contributed by atoms with van der Waals surface area (Å²) in [6, 6.07) is 16.5. The molecule has 4 rings (SSSR count). The summed E-state index contributed by atoms with van der Waals surface area (Å²) in [4.78, 5) is 37.9. The number of likely N-dealkylation sites (tertiary alicyclic amines) is 1. The minimum atomic E-state index is -2.74. The summed E-state index contributed by atoms with van der Waals surface area (Å²) < 4.78 is 2.34. The Hall–Kier alpha value is -3.47. The van der Waals surface area contributed by atoms with E-state index in [0.717, 1.165) is 29.5 Å². The molecule has 192 valence electrons. The zero-order valence-electron chi connectivity index (χ0n) is 19.5. The maximum absolute atomic E-state index is 10.3. The van der Waals surface area contributed by atoms with Gasteiger partial charge in [0.25, 0.3) is 0 Å². The molecule has 1 aromatic heterocycles. The molecule has 0 radical (unpaired) electrons. The number of carboxylic acid groups (broad SMARTS) is 3. The molecule has 0 atom stereocenters. The van der Waals surface area contributed by atoms with E-state index in [-0.39, 0.29) is 0 Å². The van der Waals surface area contributed by atoms with Crippen LogP contribution in [0.4, 0.5) is 0 Å². The Kier molecular flexibility index (Phi) is 9.03. The van der Waals surface area contributed by atoms with Gasteiger partial charge in [0, 0.05) is 11.6 Å². The standard InChI is InChI=1S/C19H20ClN3.C6H8O7/c20-16-9-7-15(8-10-16)13-23-18-6-2-1-5-17(18)21-19(23)14-22-11-3-4-12-22;7-3(8)1-6(13,5(11)12)2-4(9)10/h1-2,5-10H,3-4,11-14H2;13H,1-2H2,(H,7,8)(H,9,10)(H,11,12). The predicted molar refractivity (Wildman–Crippen MR) is 132 cm³/mol. The summed E-state index contributed by atoms with van der Waals surface area (Å²) in [6.07, 6.45) is 0.318. The highest BCUT2D eigenvalue weighted by Gasteiger charge is 2.40. The van der Waals surface area contributed by atoms with Gasteiger partial charge in [-0.1, -0.05) is 35.9 Å². The van der Waals surface area contributed by atoms with Crippen molar-refractivity contribution in [1.82, 2.24) is 14.5 Å². The summed E-state index contributed by atoms with van der Waals surface area (Å²) in [5.41, 5.74) is 0.796. The molecule has 0 saturated carbocycles. The predicted octanol–water partition coefficient (Wildman–Crippen LogP) is 3.09. The Balaban J connectivity index is 0.000000240. The van der Waals surface area contributed by atoms with Crippen molar-refractivity contribution in [3.8, 4) is 0 Å². The largest absolute Gasteiger partial charge is 0.481 e. The van der Waals surface area contributed by atoms with Crippen LogP contribution in [0.2, 0.25) is 5.02 Å². The Labute approximate surface area is 212 Å². The molecule has 2 aromatic carbocycles. The molecule has 0 unspecified atom stereocenters. The Bertz CT molecular complexity index is 1200. The first-order valence-electron chi connectivity index (χ1n) is 11.4. The van der Waals surface area contributed by atoms with Crippen LogP contribution in [0.5, 0.6) is 0 Å². The second kappa shape index (κ2) is 12.0. The number of benzene rings is 2. The molecule has 2 heterocycles. The number of carboxylic acids is 3. The Morgan fingerprint density at radius 1 is 0.889 bits per heavy atom. The molecule has 3 aromatic rings. The lowest BCUT2D eigenvalue weighted by atomic mass is 9.96. The number of halogens is 1. The van der Waals surface area contributed by atoms with Crippen LogP contribution in [0.3, 0.4) is 0 Å². The number of hydrogen-bond donors (Lipinski definition) is 4. The highest BCUT2D eigenvalue weighted by Crippen LogP contribution is 2.21. The van der Waals surface area contributed by atoms with E-state index in [1.807, 2.05) is 12.1 Å². The fourth-order valence-electron chi connectivity index (χ4n) is 4.05. The van der Waals surface area contributed by atoms with Crippen LogP contribution >= 0.6 is 11.6 Å². The monoisotopic (exact) mass is 517 g/mol. The van der Waals surface area contributed by atoms with Crippen molar-refractivity contribution in [3.63, 3.8) is 0 Å². The van der Waals surface area contributed by atoms with Crippen molar-refractivity contribution in [3.05, 3.63) is 64.9 Å². The van der Waals surface area contributed by atoms with Gasteiger partial charge in [0.2, 0.25) is 0 Å². The van der Waals surface area contributed by atoms with Crippen molar-refractivity contribution >= 4 is 40.5 Å². The smallest absolute Gasteiger partial charge is 0.336 e. The molecular formula is C25H28ClN3O7. The van der Waals surface area contributed by atoms with Gasteiger partial charge in [-0.25, -0.2) is 9.78 Å². The number of nitrogens with zero attached hydrogens (tertiary/aromatic N) is 3. The fraction of sp³-hybridized carbons (Fsp3) is 0.360. The Morgan fingerprint density at radius 2 is 1.47 bits per heavy atom. The van der Waals surface area contributed by atoms with Crippen LogP contribution in [0.15, 0.2) is 48.5 Å².